The number of carbonyl (C=O) groups excluding carboxylic acids is 1. The molecule has 0 atom stereocenters. The van der Waals surface area contributed by atoms with E-state index in [-0.39, 0.29) is 11.6 Å². The number of rotatable bonds is 3. The van der Waals surface area contributed by atoms with E-state index >= 15 is 0 Å². The van der Waals surface area contributed by atoms with Gasteiger partial charge in [0.15, 0.2) is 0 Å². The van der Waals surface area contributed by atoms with Gasteiger partial charge in [-0.3, -0.25) is 4.90 Å². The van der Waals surface area contributed by atoms with Gasteiger partial charge in [-0.25, -0.2) is 4.79 Å². The molecule has 3 heteroatoms. The third-order valence-corrected chi connectivity index (χ3v) is 2.98. The van der Waals surface area contributed by atoms with Gasteiger partial charge in [0.1, 0.15) is 0 Å². The molecule has 2 amide bonds. The fraction of sp³-hybridized carbons (Fsp3) is 0.278. The first-order chi connectivity index (χ1) is 9.96. The van der Waals surface area contributed by atoms with E-state index in [0.717, 1.165) is 11.3 Å². The van der Waals surface area contributed by atoms with Crippen LogP contribution in [0.2, 0.25) is 0 Å². The van der Waals surface area contributed by atoms with Gasteiger partial charge in [-0.2, -0.15) is 0 Å². The molecule has 0 bridgehead atoms. The van der Waals surface area contributed by atoms with Crippen LogP contribution < -0.4 is 10.2 Å². The molecule has 0 spiro atoms. The Morgan fingerprint density at radius 1 is 0.952 bits per heavy atom. The Hall–Kier alpha value is -2.29. The summed E-state index contributed by atoms with van der Waals surface area (Å²) in [5, 5.41) is 3.02. The van der Waals surface area contributed by atoms with Crippen molar-refractivity contribution in [1.82, 2.24) is 5.32 Å². The second-order valence-corrected chi connectivity index (χ2v) is 6.09. The number of nitrogens with zero attached hydrogens (tertiary/aromatic N) is 1. The third-order valence-electron chi connectivity index (χ3n) is 2.98. The summed E-state index contributed by atoms with van der Waals surface area (Å²) in [4.78, 5) is 14.3. The molecule has 1 N–H and O–H groups in total. The Morgan fingerprint density at radius 3 is 2.00 bits per heavy atom. The van der Waals surface area contributed by atoms with Gasteiger partial charge >= 0.3 is 6.03 Å². The van der Waals surface area contributed by atoms with Crippen LogP contribution in [-0.4, -0.2) is 11.6 Å². The fourth-order valence-corrected chi connectivity index (χ4v) is 2.04. The normalized spacial score (nSPS) is 11.0. The molecule has 110 valence electrons. The minimum absolute atomic E-state index is 0.0856. The van der Waals surface area contributed by atoms with Crippen molar-refractivity contribution in [3.05, 3.63) is 66.2 Å². The number of carbonyl (C=O) groups is 1. The van der Waals surface area contributed by atoms with Crippen LogP contribution >= 0.6 is 0 Å². The molecule has 0 saturated carbocycles. The Kier molecular flexibility index (Phi) is 4.63. The van der Waals surface area contributed by atoms with Crippen molar-refractivity contribution in [2.24, 2.45) is 0 Å². The van der Waals surface area contributed by atoms with Crippen molar-refractivity contribution in [2.75, 3.05) is 4.90 Å². The van der Waals surface area contributed by atoms with Crippen LogP contribution in [0.3, 0.4) is 0 Å². The Bertz CT molecular complexity index is 573. The average Bonchev–Trinajstić information content (AvgIpc) is 2.45. The topological polar surface area (TPSA) is 32.3 Å². The van der Waals surface area contributed by atoms with Gasteiger partial charge in [-0.1, -0.05) is 48.5 Å². The molecule has 0 heterocycles. The Labute approximate surface area is 126 Å². The van der Waals surface area contributed by atoms with E-state index in [9.17, 15) is 4.79 Å². The number of hydrogen-bond acceptors (Lipinski definition) is 1. The van der Waals surface area contributed by atoms with E-state index in [1.807, 2.05) is 81.4 Å². The summed E-state index contributed by atoms with van der Waals surface area (Å²) in [6.45, 7) is 6.50. The number of nitrogens with one attached hydrogen (secondary N) is 1. The van der Waals surface area contributed by atoms with Crippen molar-refractivity contribution >= 4 is 11.7 Å². The lowest BCUT2D eigenvalue weighted by Crippen LogP contribution is -2.48. The van der Waals surface area contributed by atoms with Crippen LogP contribution in [0.25, 0.3) is 0 Å². The van der Waals surface area contributed by atoms with Crippen LogP contribution in [0.4, 0.5) is 10.5 Å². The predicted octanol–water partition coefficient (Wildman–Crippen LogP) is 4.20. The highest BCUT2D eigenvalue weighted by molar-refractivity contribution is 5.92. The zero-order valence-electron chi connectivity index (χ0n) is 12.8. The molecule has 2 aromatic carbocycles. The van der Waals surface area contributed by atoms with Crippen LogP contribution in [-0.2, 0) is 6.54 Å². The van der Waals surface area contributed by atoms with E-state index < -0.39 is 0 Å². The first-order valence-corrected chi connectivity index (χ1v) is 7.14. The summed E-state index contributed by atoms with van der Waals surface area (Å²) in [5.74, 6) is 0. The summed E-state index contributed by atoms with van der Waals surface area (Å²) in [7, 11) is 0. The molecular formula is C18H22N2O. The molecular weight excluding hydrogens is 260 g/mol. The maximum atomic E-state index is 12.6. The number of urea groups is 1. The number of amides is 2. The lowest BCUT2D eigenvalue weighted by Gasteiger charge is -2.28. The van der Waals surface area contributed by atoms with Gasteiger partial charge in [-0.05, 0) is 38.5 Å². The van der Waals surface area contributed by atoms with Gasteiger partial charge in [0.05, 0.1) is 6.54 Å². The number of para-hydroxylation sites is 1. The summed E-state index contributed by atoms with van der Waals surface area (Å²) >= 11 is 0. The van der Waals surface area contributed by atoms with Crippen molar-refractivity contribution in [3.63, 3.8) is 0 Å². The lowest BCUT2D eigenvalue weighted by atomic mass is 10.1. The highest BCUT2D eigenvalue weighted by Crippen LogP contribution is 2.18. The number of anilines is 1. The number of benzene rings is 2. The average molecular weight is 282 g/mol. The maximum Gasteiger partial charge on any atom is 0.322 e. The molecule has 2 aromatic rings. The first kappa shape index (κ1) is 15.1. The van der Waals surface area contributed by atoms with Gasteiger partial charge < -0.3 is 5.32 Å². The molecule has 0 fully saturated rings. The fourth-order valence-electron chi connectivity index (χ4n) is 2.04. The minimum Gasteiger partial charge on any atom is -0.333 e. The highest BCUT2D eigenvalue weighted by atomic mass is 16.2. The minimum atomic E-state index is -0.263. The first-order valence-electron chi connectivity index (χ1n) is 7.14. The van der Waals surface area contributed by atoms with Crippen molar-refractivity contribution < 1.29 is 4.79 Å². The third kappa shape index (κ3) is 4.63. The molecule has 21 heavy (non-hydrogen) atoms. The largest absolute Gasteiger partial charge is 0.333 e. The van der Waals surface area contributed by atoms with Crippen LogP contribution in [0, 0.1) is 0 Å². The highest BCUT2D eigenvalue weighted by Gasteiger charge is 2.21. The van der Waals surface area contributed by atoms with Crippen molar-refractivity contribution in [1.29, 1.82) is 0 Å². The second-order valence-electron chi connectivity index (χ2n) is 6.09. The smallest absolute Gasteiger partial charge is 0.322 e. The van der Waals surface area contributed by atoms with Crippen LogP contribution in [0.5, 0.6) is 0 Å². The lowest BCUT2D eigenvalue weighted by molar-refractivity contribution is 0.237. The molecule has 0 aromatic heterocycles. The van der Waals surface area contributed by atoms with Gasteiger partial charge in [0, 0.05) is 11.2 Å². The number of hydrogen-bond donors (Lipinski definition) is 1. The van der Waals surface area contributed by atoms with Crippen LogP contribution in [0.1, 0.15) is 26.3 Å². The SMILES string of the molecule is CC(C)(C)NC(=O)N(Cc1ccccc1)c1ccccc1. The van der Waals surface area contributed by atoms with Gasteiger partial charge in [0.2, 0.25) is 0 Å². The summed E-state index contributed by atoms with van der Waals surface area (Å²) < 4.78 is 0. The second kappa shape index (κ2) is 6.44. The van der Waals surface area contributed by atoms with Gasteiger partial charge in [0.25, 0.3) is 0 Å². The molecule has 0 aliphatic rings. The monoisotopic (exact) mass is 282 g/mol. The molecule has 0 aliphatic carbocycles. The molecule has 2 rings (SSSR count). The van der Waals surface area contributed by atoms with E-state index in [1.165, 1.54) is 0 Å². The van der Waals surface area contributed by atoms with E-state index in [2.05, 4.69) is 5.32 Å². The Morgan fingerprint density at radius 2 is 1.48 bits per heavy atom. The maximum absolute atomic E-state index is 12.6. The van der Waals surface area contributed by atoms with Crippen molar-refractivity contribution in [3.8, 4) is 0 Å². The summed E-state index contributed by atoms with van der Waals surface area (Å²) in [5.41, 5.74) is 1.73. The predicted molar refractivity (Wildman–Crippen MR) is 87.4 cm³/mol. The summed E-state index contributed by atoms with van der Waals surface area (Å²) in [6, 6.07) is 19.7. The molecule has 0 unspecified atom stereocenters. The van der Waals surface area contributed by atoms with E-state index in [1.54, 1.807) is 4.90 Å². The molecule has 3 nitrogen and oxygen atoms in total. The van der Waals surface area contributed by atoms with Crippen LogP contribution in [0.15, 0.2) is 60.7 Å². The molecule has 0 radical (unpaired) electrons. The quantitative estimate of drug-likeness (QED) is 0.899. The zero-order valence-corrected chi connectivity index (χ0v) is 12.8. The van der Waals surface area contributed by atoms with E-state index in [4.69, 9.17) is 0 Å². The zero-order chi connectivity index (χ0) is 15.3. The Balaban J connectivity index is 2.25. The van der Waals surface area contributed by atoms with Gasteiger partial charge in [-0.15, -0.1) is 0 Å². The van der Waals surface area contributed by atoms with E-state index in [0.29, 0.717) is 6.54 Å². The van der Waals surface area contributed by atoms with Crippen molar-refractivity contribution in [2.45, 2.75) is 32.9 Å². The molecule has 0 saturated heterocycles. The summed E-state index contributed by atoms with van der Waals surface area (Å²) in [6.07, 6.45) is 0. The molecule has 0 aliphatic heterocycles. The standard InChI is InChI=1S/C18H22N2O/c1-18(2,3)19-17(21)20(16-12-8-5-9-13-16)14-15-10-6-4-7-11-15/h4-13H,14H2,1-3H3,(H,19,21).